The number of hydrogen-bond donors (Lipinski definition) is 1. The summed E-state index contributed by atoms with van der Waals surface area (Å²) in [7, 11) is 0. The molecule has 2 fully saturated rings. The summed E-state index contributed by atoms with van der Waals surface area (Å²) >= 11 is 0. The maximum atomic E-state index is 3.48. The molecule has 0 bridgehead atoms. The van der Waals surface area contributed by atoms with Crippen molar-refractivity contribution in [2.24, 2.45) is 16.7 Å². The van der Waals surface area contributed by atoms with Gasteiger partial charge in [0, 0.05) is 6.54 Å². The normalized spacial score (nSPS) is 27.8. The van der Waals surface area contributed by atoms with Crippen LogP contribution in [0, 0.1) is 16.7 Å². The van der Waals surface area contributed by atoms with Crippen LogP contribution in [-0.4, -0.2) is 37.6 Å². The van der Waals surface area contributed by atoms with Gasteiger partial charge in [-0.2, -0.15) is 0 Å². The highest BCUT2D eigenvalue weighted by molar-refractivity contribution is 4.91. The van der Waals surface area contributed by atoms with Crippen molar-refractivity contribution in [1.29, 1.82) is 0 Å². The summed E-state index contributed by atoms with van der Waals surface area (Å²) < 4.78 is 0. The lowest BCUT2D eigenvalue weighted by molar-refractivity contribution is 0.0183. The van der Waals surface area contributed by atoms with Crippen LogP contribution < -0.4 is 5.32 Å². The molecular formula is C17H36N2. The lowest BCUT2D eigenvalue weighted by Crippen LogP contribution is -2.46. The molecule has 0 aromatic carbocycles. The van der Waals surface area contributed by atoms with Crippen molar-refractivity contribution in [3.63, 3.8) is 0 Å². The SMILES string of the molecule is CC.CC(C)(C)C1(C)CCN(C[C@@H]2CCNC2)CC1. The highest BCUT2D eigenvalue weighted by Gasteiger charge is 2.40. The predicted molar refractivity (Wildman–Crippen MR) is 85.6 cm³/mol. The van der Waals surface area contributed by atoms with Gasteiger partial charge in [-0.25, -0.2) is 0 Å². The molecule has 0 unspecified atom stereocenters. The van der Waals surface area contributed by atoms with E-state index in [-0.39, 0.29) is 0 Å². The van der Waals surface area contributed by atoms with Gasteiger partial charge in [-0.05, 0) is 62.2 Å². The van der Waals surface area contributed by atoms with Crippen LogP contribution in [0.4, 0.5) is 0 Å². The summed E-state index contributed by atoms with van der Waals surface area (Å²) in [5.41, 5.74) is 0.991. The molecule has 0 aromatic rings. The smallest absolute Gasteiger partial charge is 0.00223 e. The van der Waals surface area contributed by atoms with Gasteiger partial charge in [-0.15, -0.1) is 0 Å². The average molecular weight is 268 g/mol. The van der Waals surface area contributed by atoms with E-state index in [1.807, 2.05) is 13.8 Å². The van der Waals surface area contributed by atoms with Crippen molar-refractivity contribution in [3.05, 3.63) is 0 Å². The minimum absolute atomic E-state index is 0.452. The second-order valence-corrected chi connectivity index (χ2v) is 7.47. The van der Waals surface area contributed by atoms with Crippen LogP contribution >= 0.6 is 0 Å². The molecule has 2 aliphatic rings. The molecule has 0 amide bonds. The average Bonchev–Trinajstić information content (AvgIpc) is 2.86. The third-order valence-corrected chi connectivity index (χ3v) is 5.45. The highest BCUT2D eigenvalue weighted by atomic mass is 15.1. The van der Waals surface area contributed by atoms with Crippen molar-refractivity contribution in [3.8, 4) is 0 Å². The van der Waals surface area contributed by atoms with Crippen molar-refractivity contribution < 1.29 is 0 Å². The van der Waals surface area contributed by atoms with Crippen LogP contribution in [0.5, 0.6) is 0 Å². The molecule has 1 N–H and O–H groups in total. The fourth-order valence-electron chi connectivity index (χ4n) is 3.21. The summed E-state index contributed by atoms with van der Waals surface area (Å²) in [5.74, 6) is 0.911. The first-order valence-corrected chi connectivity index (χ1v) is 8.34. The maximum Gasteiger partial charge on any atom is 0.00223 e. The van der Waals surface area contributed by atoms with E-state index >= 15 is 0 Å². The first kappa shape index (κ1) is 17.0. The van der Waals surface area contributed by atoms with Gasteiger partial charge in [0.15, 0.2) is 0 Å². The quantitative estimate of drug-likeness (QED) is 0.820. The van der Waals surface area contributed by atoms with Gasteiger partial charge in [-0.3, -0.25) is 0 Å². The summed E-state index contributed by atoms with van der Waals surface area (Å²) in [5, 5.41) is 3.48. The molecule has 2 aliphatic heterocycles. The number of likely N-dealkylation sites (tertiary alicyclic amines) is 1. The summed E-state index contributed by atoms with van der Waals surface area (Å²) in [6, 6.07) is 0. The van der Waals surface area contributed by atoms with E-state index in [0.717, 1.165) is 5.92 Å². The zero-order valence-electron chi connectivity index (χ0n) is 14.2. The standard InChI is InChI=1S/C15H30N2.C2H6/c1-14(2,3)15(4)6-9-17(10-7-15)12-13-5-8-16-11-13;1-2/h13,16H,5-12H2,1-4H3;1-2H3/t13-;/m1./s1. The molecule has 0 aromatic heterocycles. The van der Waals surface area contributed by atoms with E-state index in [9.17, 15) is 0 Å². The molecular weight excluding hydrogens is 232 g/mol. The Morgan fingerprint density at radius 1 is 1.16 bits per heavy atom. The lowest BCUT2D eigenvalue weighted by atomic mass is 9.63. The molecule has 2 heteroatoms. The minimum Gasteiger partial charge on any atom is -0.316 e. The molecule has 114 valence electrons. The predicted octanol–water partition coefficient (Wildman–Crippen LogP) is 3.77. The third-order valence-electron chi connectivity index (χ3n) is 5.45. The number of piperidine rings is 1. The van der Waals surface area contributed by atoms with E-state index in [1.165, 1.54) is 52.0 Å². The minimum atomic E-state index is 0.452. The van der Waals surface area contributed by atoms with E-state index < -0.39 is 0 Å². The van der Waals surface area contributed by atoms with E-state index in [1.54, 1.807) is 0 Å². The first-order valence-electron chi connectivity index (χ1n) is 8.34. The van der Waals surface area contributed by atoms with Crippen LogP contribution in [0.25, 0.3) is 0 Å². The first-order chi connectivity index (χ1) is 8.91. The zero-order chi connectivity index (χ0) is 14.5. The maximum absolute atomic E-state index is 3.48. The van der Waals surface area contributed by atoms with Crippen molar-refractivity contribution >= 4 is 0 Å². The van der Waals surface area contributed by atoms with Gasteiger partial charge in [0.2, 0.25) is 0 Å². The number of rotatable bonds is 2. The van der Waals surface area contributed by atoms with Crippen LogP contribution in [-0.2, 0) is 0 Å². The molecule has 2 heterocycles. The summed E-state index contributed by atoms with van der Waals surface area (Å²) in [6.45, 7) is 20.1. The molecule has 1 atom stereocenters. The van der Waals surface area contributed by atoms with Gasteiger partial charge in [-0.1, -0.05) is 41.5 Å². The molecule has 0 radical (unpaired) electrons. The lowest BCUT2D eigenvalue weighted by Gasteiger charge is -2.48. The molecule has 0 spiro atoms. The second kappa shape index (κ2) is 7.08. The third kappa shape index (κ3) is 4.46. The molecule has 2 nitrogen and oxygen atoms in total. The van der Waals surface area contributed by atoms with Crippen molar-refractivity contribution in [2.75, 3.05) is 32.7 Å². The van der Waals surface area contributed by atoms with Gasteiger partial charge >= 0.3 is 0 Å². The number of nitrogens with zero attached hydrogens (tertiary/aromatic N) is 1. The van der Waals surface area contributed by atoms with Gasteiger partial charge in [0.1, 0.15) is 0 Å². The van der Waals surface area contributed by atoms with Crippen molar-refractivity contribution in [1.82, 2.24) is 10.2 Å². The highest BCUT2D eigenvalue weighted by Crippen LogP contribution is 2.46. The fourth-order valence-corrected chi connectivity index (χ4v) is 3.21. The number of nitrogens with one attached hydrogen (secondary N) is 1. The Bertz CT molecular complexity index is 240. The largest absolute Gasteiger partial charge is 0.316 e. The molecule has 2 saturated heterocycles. The Hall–Kier alpha value is -0.0800. The fraction of sp³-hybridized carbons (Fsp3) is 1.00. The van der Waals surface area contributed by atoms with Crippen LogP contribution in [0.3, 0.4) is 0 Å². The van der Waals surface area contributed by atoms with Crippen molar-refractivity contribution in [2.45, 2.75) is 60.8 Å². The number of hydrogen-bond acceptors (Lipinski definition) is 2. The zero-order valence-corrected chi connectivity index (χ0v) is 14.2. The van der Waals surface area contributed by atoms with Crippen LogP contribution in [0.15, 0.2) is 0 Å². The van der Waals surface area contributed by atoms with Gasteiger partial charge in [0.05, 0.1) is 0 Å². The molecule has 19 heavy (non-hydrogen) atoms. The second-order valence-electron chi connectivity index (χ2n) is 7.47. The monoisotopic (exact) mass is 268 g/mol. The topological polar surface area (TPSA) is 15.3 Å². The van der Waals surface area contributed by atoms with Gasteiger partial charge < -0.3 is 10.2 Å². The Balaban J connectivity index is 0.000000861. The van der Waals surface area contributed by atoms with E-state index in [4.69, 9.17) is 0 Å². The van der Waals surface area contributed by atoms with Gasteiger partial charge in [0.25, 0.3) is 0 Å². The Morgan fingerprint density at radius 2 is 1.74 bits per heavy atom. The molecule has 2 rings (SSSR count). The Labute approximate surface area is 121 Å². The molecule has 0 saturated carbocycles. The van der Waals surface area contributed by atoms with E-state index in [0.29, 0.717) is 10.8 Å². The van der Waals surface area contributed by atoms with Crippen LogP contribution in [0.1, 0.15) is 60.8 Å². The van der Waals surface area contributed by atoms with E-state index in [2.05, 4.69) is 37.9 Å². The van der Waals surface area contributed by atoms with Crippen LogP contribution in [0.2, 0.25) is 0 Å². The Kier molecular flexibility index (Phi) is 6.32. The summed E-state index contributed by atoms with van der Waals surface area (Å²) in [4.78, 5) is 2.70. The molecule has 0 aliphatic carbocycles. The Morgan fingerprint density at radius 3 is 2.16 bits per heavy atom. The summed E-state index contributed by atoms with van der Waals surface area (Å²) in [6.07, 6.45) is 4.13.